The molecule has 1 aromatic rings. The lowest BCUT2D eigenvalue weighted by molar-refractivity contribution is -0.385. The smallest absolute Gasteiger partial charge is 0.272 e. The first-order valence-electron chi connectivity index (χ1n) is 5.59. The molecule has 104 valence electrons. The van der Waals surface area contributed by atoms with E-state index in [9.17, 15) is 19.3 Å². The van der Waals surface area contributed by atoms with E-state index in [2.05, 4.69) is 5.32 Å². The highest BCUT2D eigenvalue weighted by Gasteiger charge is 2.23. The van der Waals surface area contributed by atoms with Gasteiger partial charge in [0.15, 0.2) is 0 Å². The Morgan fingerprint density at radius 2 is 2.16 bits per heavy atom. The molecular formula is C12H14ClFN2O3. The number of hydrogen-bond acceptors (Lipinski definition) is 3. The summed E-state index contributed by atoms with van der Waals surface area (Å²) in [6, 6.07) is 2.91. The molecule has 0 fully saturated rings. The lowest BCUT2D eigenvalue weighted by atomic mass is 10.0. The first-order chi connectivity index (χ1) is 8.76. The number of rotatable bonds is 5. The lowest BCUT2D eigenvalue weighted by Crippen LogP contribution is -2.44. The molecule has 0 saturated heterocycles. The van der Waals surface area contributed by atoms with E-state index < -0.39 is 27.9 Å². The first-order valence-corrected chi connectivity index (χ1v) is 6.13. The molecule has 0 radical (unpaired) electrons. The summed E-state index contributed by atoms with van der Waals surface area (Å²) in [4.78, 5) is 21.6. The molecule has 1 rings (SSSR count). The zero-order valence-electron chi connectivity index (χ0n) is 10.6. The van der Waals surface area contributed by atoms with Crippen LogP contribution in [-0.4, -0.2) is 22.2 Å². The van der Waals surface area contributed by atoms with E-state index in [0.717, 1.165) is 18.2 Å². The monoisotopic (exact) mass is 288 g/mol. The maximum Gasteiger partial charge on any atom is 0.272 e. The fraction of sp³-hybridized carbons (Fsp3) is 0.417. The fourth-order valence-electron chi connectivity index (χ4n) is 1.48. The van der Waals surface area contributed by atoms with Crippen LogP contribution < -0.4 is 5.32 Å². The number of halogens is 2. The molecule has 0 aliphatic heterocycles. The minimum absolute atomic E-state index is 0.228. The van der Waals surface area contributed by atoms with Crippen LogP contribution in [0.25, 0.3) is 0 Å². The summed E-state index contributed by atoms with van der Waals surface area (Å²) >= 11 is 5.60. The van der Waals surface area contributed by atoms with Gasteiger partial charge in [-0.05, 0) is 26.3 Å². The summed E-state index contributed by atoms with van der Waals surface area (Å²) < 4.78 is 13.6. The van der Waals surface area contributed by atoms with Crippen molar-refractivity contribution in [2.45, 2.75) is 25.8 Å². The van der Waals surface area contributed by atoms with Crippen molar-refractivity contribution in [3.05, 3.63) is 39.7 Å². The molecule has 0 atom stereocenters. The maximum absolute atomic E-state index is 13.6. The largest absolute Gasteiger partial charge is 0.347 e. The quantitative estimate of drug-likeness (QED) is 0.514. The highest BCUT2D eigenvalue weighted by atomic mass is 35.5. The Morgan fingerprint density at radius 1 is 1.53 bits per heavy atom. The number of alkyl halides is 1. The van der Waals surface area contributed by atoms with E-state index in [4.69, 9.17) is 11.6 Å². The Bertz CT molecular complexity index is 506. The highest BCUT2D eigenvalue weighted by Crippen LogP contribution is 2.18. The molecule has 1 N–H and O–H groups in total. The molecule has 7 heteroatoms. The highest BCUT2D eigenvalue weighted by molar-refractivity contribution is 6.17. The number of amides is 1. The molecule has 0 bridgehead atoms. The van der Waals surface area contributed by atoms with Crippen LogP contribution in [0.3, 0.4) is 0 Å². The molecule has 0 heterocycles. The van der Waals surface area contributed by atoms with Crippen LogP contribution >= 0.6 is 11.6 Å². The number of nitrogens with zero attached hydrogens (tertiary/aromatic N) is 1. The van der Waals surface area contributed by atoms with Crippen LogP contribution in [0.4, 0.5) is 10.1 Å². The van der Waals surface area contributed by atoms with Crippen molar-refractivity contribution in [2.75, 3.05) is 5.88 Å². The molecule has 0 spiro atoms. The average Bonchev–Trinajstić information content (AvgIpc) is 2.27. The van der Waals surface area contributed by atoms with Crippen molar-refractivity contribution < 1.29 is 14.1 Å². The lowest BCUT2D eigenvalue weighted by Gasteiger charge is -2.25. The molecule has 0 aliphatic rings. The molecule has 0 saturated carbocycles. The van der Waals surface area contributed by atoms with Gasteiger partial charge in [0, 0.05) is 17.5 Å². The number of carbonyl (C=O) groups is 1. The van der Waals surface area contributed by atoms with Crippen molar-refractivity contribution in [2.24, 2.45) is 0 Å². The van der Waals surface area contributed by atoms with Gasteiger partial charge in [0.1, 0.15) is 5.82 Å². The zero-order valence-corrected chi connectivity index (χ0v) is 11.3. The number of nitrogens with one attached hydrogen (secondary N) is 1. The van der Waals surface area contributed by atoms with E-state index in [0.29, 0.717) is 12.3 Å². The van der Waals surface area contributed by atoms with Gasteiger partial charge < -0.3 is 5.32 Å². The summed E-state index contributed by atoms with van der Waals surface area (Å²) in [5.41, 5.74) is -1.20. The number of non-ortho nitro benzene ring substituents is 1. The number of nitro groups is 1. The predicted molar refractivity (Wildman–Crippen MR) is 69.9 cm³/mol. The summed E-state index contributed by atoms with van der Waals surface area (Å²) in [5, 5.41) is 13.1. The minimum Gasteiger partial charge on any atom is -0.347 e. The summed E-state index contributed by atoms with van der Waals surface area (Å²) in [5.74, 6) is -1.19. The van der Waals surface area contributed by atoms with Gasteiger partial charge in [0.05, 0.1) is 16.6 Å². The average molecular weight is 289 g/mol. The van der Waals surface area contributed by atoms with Crippen molar-refractivity contribution in [1.82, 2.24) is 5.32 Å². The number of benzene rings is 1. The Balaban J connectivity index is 2.92. The van der Waals surface area contributed by atoms with Gasteiger partial charge >= 0.3 is 0 Å². The SMILES string of the molecule is CC(C)(CCCl)NC(=O)c1ccc([N+](=O)[O-])cc1F. The van der Waals surface area contributed by atoms with Gasteiger partial charge in [-0.1, -0.05) is 0 Å². The fourth-order valence-corrected chi connectivity index (χ4v) is 1.95. The second-order valence-electron chi connectivity index (χ2n) is 4.70. The van der Waals surface area contributed by atoms with Crippen LogP contribution in [0, 0.1) is 15.9 Å². The molecule has 0 aliphatic carbocycles. The maximum atomic E-state index is 13.6. The van der Waals surface area contributed by atoms with Gasteiger partial charge in [-0.15, -0.1) is 11.6 Å². The van der Waals surface area contributed by atoms with Crippen molar-refractivity contribution >= 4 is 23.2 Å². The standard InChI is InChI=1S/C12H14ClFN2O3/c1-12(2,5-6-13)15-11(17)9-4-3-8(16(18)19)7-10(9)14/h3-4,7H,5-6H2,1-2H3,(H,15,17). The van der Waals surface area contributed by atoms with E-state index in [-0.39, 0.29) is 5.56 Å². The summed E-state index contributed by atoms with van der Waals surface area (Å²) in [7, 11) is 0. The molecular weight excluding hydrogens is 275 g/mol. The summed E-state index contributed by atoms with van der Waals surface area (Å²) in [6.07, 6.45) is 0.523. The number of hydrogen-bond donors (Lipinski definition) is 1. The van der Waals surface area contributed by atoms with Crippen LogP contribution in [0.15, 0.2) is 18.2 Å². The number of carbonyl (C=O) groups excluding carboxylic acids is 1. The normalized spacial score (nSPS) is 11.2. The minimum atomic E-state index is -0.923. The number of nitro benzene ring substituents is 1. The van der Waals surface area contributed by atoms with Crippen LogP contribution in [0.1, 0.15) is 30.6 Å². The topological polar surface area (TPSA) is 72.2 Å². The molecule has 0 unspecified atom stereocenters. The Labute approximate surface area is 114 Å². The van der Waals surface area contributed by atoms with Crippen LogP contribution in [0.5, 0.6) is 0 Å². The van der Waals surface area contributed by atoms with Gasteiger partial charge in [0.25, 0.3) is 11.6 Å². The third kappa shape index (κ3) is 4.17. The van der Waals surface area contributed by atoms with Crippen molar-refractivity contribution in [1.29, 1.82) is 0 Å². The molecule has 1 amide bonds. The molecule has 1 aromatic carbocycles. The first kappa shape index (κ1) is 15.4. The Kier molecular flexibility index (Phi) is 4.83. The van der Waals surface area contributed by atoms with Gasteiger partial charge in [-0.25, -0.2) is 4.39 Å². The molecule has 0 aromatic heterocycles. The van der Waals surface area contributed by atoms with Gasteiger partial charge in [0.2, 0.25) is 0 Å². The molecule has 19 heavy (non-hydrogen) atoms. The van der Waals surface area contributed by atoms with Crippen LogP contribution in [0.2, 0.25) is 0 Å². The molecule has 5 nitrogen and oxygen atoms in total. The zero-order chi connectivity index (χ0) is 14.6. The van der Waals surface area contributed by atoms with E-state index in [1.165, 1.54) is 0 Å². The third-order valence-corrected chi connectivity index (χ3v) is 2.77. The van der Waals surface area contributed by atoms with Crippen molar-refractivity contribution in [3.8, 4) is 0 Å². The van der Waals surface area contributed by atoms with Crippen molar-refractivity contribution in [3.63, 3.8) is 0 Å². The Hall–Kier alpha value is -1.69. The van der Waals surface area contributed by atoms with Crippen LogP contribution in [-0.2, 0) is 0 Å². The second kappa shape index (κ2) is 5.97. The van der Waals surface area contributed by atoms with E-state index >= 15 is 0 Å². The van der Waals surface area contributed by atoms with E-state index in [1.54, 1.807) is 13.8 Å². The van der Waals surface area contributed by atoms with Gasteiger partial charge in [-0.2, -0.15) is 0 Å². The summed E-state index contributed by atoms with van der Waals surface area (Å²) in [6.45, 7) is 3.52. The van der Waals surface area contributed by atoms with E-state index in [1.807, 2.05) is 0 Å². The van der Waals surface area contributed by atoms with Gasteiger partial charge in [-0.3, -0.25) is 14.9 Å². The third-order valence-electron chi connectivity index (χ3n) is 2.58. The Morgan fingerprint density at radius 3 is 2.63 bits per heavy atom. The predicted octanol–water partition coefficient (Wildman–Crippen LogP) is 2.87. The second-order valence-corrected chi connectivity index (χ2v) is 5.08.